The topological polar surface area (TPSA) is 264 Å². The SMILES string of the molecule is C=CC(=O)OCCCCOc1ccc(C(=O)Oc2ccc(C(=O)Oc3ccc(CCCCCCCC)cc3)cc2)cc1C.C=CC(=O)OCCCCOc1ccc(C(=O)Oc2ccc(C(=O)Oc3ccc(CCCCCCCCC)cc3)cc2)cc1C.C=CC(=O)OCCCCOc1ccc(C(=O)Oc2ccc(C(=O)Oc3ccc(CCCCCCCCCC)cc3)cc2)cc1C. The van der Waals surface area contributed by atoms with Gasteiger partial charge in [0.25, 0.3) is 0 Å². The first-order valence-electron chi connectivity index (χ1n) is 46.7. The summed E-state index contributed by atoms with van der Waals surface area (Å²) in [5.74, 6) is 0.104. The molecule has 9 aromatic carbocycles. The lowest BCUT2D eigenvalue weighted by atomic mass is 10.0. The molecule has 0 atom stereocenters. The number of unbranched alkanes of at least 4 members (excludes halogenated alkanes) is 21. The summed E-state index contributed by atoms with van der Waals surface area (Å²) in [7, 11) is 0. The third-order valence-corrected chi connectivity index (χ3v) is 21.4. The Morgan fingerprint density at radius 3 is 0.629 bits per heavy atom. The van der Waals surface area contributed by atoms with E-state index in [9.17, 15) is 43.2 Å². The molecule has 0 saturated heterocycles. The van der Waals surface area contributed by atoms with Gasteiger partial charge in [-0.3, -0.25) is 0 Å². The van der Waals surface area contributed by atoms with Gasteiger partial charge < -0.3 is 56.8 Å². The lowest BCUT2D eigenvalue weighted by Crippen LogP contribution is -2.11. The fourth-order valence-corrected chi connectivity index (χ4v) is 13.7. The fourth-order valence-electron chi connectivity index (χ4n) is 13.7. The summed E-state index contributed by atoms with van der Waals surface area (Å²) in [4.78, 5) is 109. The van der Waals surface area contributed by atoms with Gasteiger partial charge in [0.05, 0.1) is 73.0 Å². The van der Waals surface area contributed by atoms with E-state index in [1.54, 1.807) is 127 Å². The van der Waals surface area contributed by atoms with E-state index in [1.807, 2.05) is 93.6 Å². The number of rotatable bonds is 57. The van der Waals surface area contributed by atoms with Crippen molar-refractivity contribution in [3.05, 3.63) is 305 Å². The van der Waals surface area contributed by atoms with E-state index in [1.165, 1.54) is 145 Å². The maximum Gasteiger partial charge on any atom is 0.343 e. The van der Waals surface area contributed by atoms with Crippen LogP contribution in [0.3, 0.4) is 0 Å². The molecule has 0 aliphatic rings. The van der Waals surface area contributed by atoms with Crippen LogP contribution in [0.4, 0.5) is 0 Å². The van der Waals surface area contributed by atoms with Crippen LogP contribution in [0.1, 0.15) is 290 Å². The Balaban J connectivity index is 0.000000271. The van der Waals surface area contributed by atoms with E-state index in [0.717, 1.165) is 60.6 Å². The number of aryl methyl sites for hydroxylation is 6. The summed E-state index contributed by atoms with van der Waals surface area (Å²) in [5.41, 5.74) is 8.30. The summed E-state index contributed by atoms with van der Waals surface area (Å²) in [6.45, 7) is 24.6. The molecule has 0 unspecified atom stereocenters. The molecule has 0 heterocycles. The van der Waals surface area contributed by atoms with Gasteiger partial charge in [0.15, 0.2) is 0 Å². The second-order valence-electron chi connectivity index (χ2n) is 32.2. The predicted octanol–water partition coefficient (Wildman–Crippen LogP) is 25.8. The van der Waals surface area contributed by atoms with Crippen molar-refractivity contribution in [3.8, 4) is 51.7 Å². The van der Waals surface area contributed by atoms with E-state index in [0.29, 0.717) is 163 Å². The molecule has 9 aromatic rings. The molecule has 0 bridgehead atoms. The van der Waals surface area contributed by atoms with Crippen molar-refractivity contribution in [2.75, 3.05) is 39.6 Å². The van der Waals surface area contributed by atoms with Crippen LogP contribution < -0.4 is 42.6 Å². The molecule has 21 heteroatoms. The minimum absolute atomic E-state index is 0.313. The minimum Gasteiger partial charge on any atom is -0.493 e. The minimum atomic E-state index is -0.518. The normalized spacial score (nSPS) is 10.6. The summed E-state index contributed by atoms with van der Waals surface area (Å²) in [6, 6.07) is 57.0. The first-order chi connectivity index (χ1) is 64.2. The molecule has 0 radical (unpaired) electrons. The highest BCUT2D eigenvalue weighted by molar-refractivity contribution is 5.95. The summed E-state index contributed by atoms with van der Waals surface area (Å²) in [6.07, 6.45) is 37.5. The summed E-state index contributed by atoms with van der Waals surface area (Å²) >= 11 is 0. The molecule has 0 aromatic heterocycles. The number of hydrogen-bond donors (Lipinski definition) is 0. The number of ether oxygens (including phenoxy) is 12. The standard InChI is InChI=1S/C38H46O7.C37H44O7.C36H42O7/c1-4-6-7-8-9-10-11-12-15-30-16-21-33(22-17-30)44-37(40)31-18-23-34(24-19-31)45-38(41)32-20-25-35(29(3)28-32)42-26-13-14-27-43-36(39)5-2;1-4-6-7-8-9-10-11-14-29-15-20-32(21-16-29)43-36(39)30-17-22-33(23-18-30)44-37(40)31-19-24-34(28(3)27-31)41-25-12-13-26-42-35(38)5-2;1-4-6-7-8-9-10-13-28-14-19-31(20-15-28)42-35(38)29-16-21-32(22-17-29)43-36(39)30-18-23-33(27(3)26-30)40-24-11-12-25-41-34(37)5-2/h5,16-25,28H,2,4,6-15,26-27H2,1,3H3;5,15-24,27H,2,4,6-14,25-26H2,1,3H3;5,14-23,26H,2,4,6-13,24-25H2,1,3H3. The second kappa shape index (κ2) is 62.2. The molecular formula is C111H132O21. The van der Waals surface area contributed by atoms with Crippen molar-refractivity contribution < 1.29 is 100.0 Å². The summed E-state index contributed by atoms with van der Waals surface area (Å²) < 4.78 is 65.3. The quantitative estimate of drug-likeness (QED) is 0.0113. The van der Waals surface area contributed by atoms with E-state index < -0.39 is 53.7 Å². The van der Waals surface area contributed by atoms with Gasteiger partial charge in [-0.1, -0.05) is 192 Å². The van der Waals surface area contributed by atoms with Crippen molar-refractivity contribution in [2.45, 2.75) is 234 Å². The van der Waals surface area contributed by atoms with Crippen LogP contribution >= 0.6 is 0 Å². The highest BCUT2D eigenvalue weighted by atomic mass is 16.6. The van der Waals surface area contributed by atoms with Crippen molar-refractivity contribution in [1.82, 2.24) is 0 Å². The van der Waals surface area contributed by atoms with Gasteiger partial charge in [0.1, 0.15) is 51.7 Å². The number of benzene rings is 9. The zero-order valence-electron chi connectivity index (χ0n) is 77.9. The first-order valence-corrected chi connectivity index (χ1v) is 46.7. The van der Waals surface area contributed by atoms with Crippen molar-refractivity contribution >= 4 is 53.7 Å². The molecule has 702 valence electrons. The van der Waals surface area contributed by atoms with Gasteiger partial charge in [-0.25, -0.2) is 43.2 Å². The lowest BCUT2D eigenvalue weighted by molar-refractivity contribution is -0.138. The molecule has 0 amide bonds. The van der Waals surface area contributed by atoms with Crippen LogP contribution in [-0.4, -0.2) is 93.4 Å². The maximum absolute atomic E-state index is 12.7. The molecule has 0 saturated carbocycles. The molecule has 9 rings (SSSR count). The molecule has 0 spiro atoms. The van der Waals surface area contributed by atoms with Crippen LogP contribution in [0.25, 0.3) is 0 Å². The second-order valence-corrected chi connectivity index (χ2v) is 32.2. The van der Waals surface area contributed by atoms with Gasteiger partial charge in [-0.2, -0.15) is 0 Å². The lowest BCUT2D eigenvalue weighted by Gasteiger charge is -2.11. The highest BCUT2D eigenvalue weighted by Crippen LogP contribution is 2.29. The van der Waals surface area contributed by atoms with Crippen LogP contribution in [0.15, 0.2) is 238 Å². The predicted molar refractivity (Wildman–Crippen MR) is 515 cm³/mol. The van der Waals surface area contributed by atoms with Crippen molar-refractivity contribution in [2.24, 2.45) is 0 Å². The molecule has 132 heavy (non-hydrogen) atoms. The molecule has 0 N–H and O–H groups in total. The van der Waals surface area contributed by atoms with Crippen LogP contribution in [-0.2, 0) is 47.9 Å². The molecule has 21 nitrogen and oxygen atoms in total. The van der Waals surface area contributed by atoms with Crippen molar-refractivity contribution in [1.29, 1.82) is 0 Å². The van der Waals surface area contributed by atoms with Gasteiger partial charge in [-0.05, 0) is 295 Å². The Labute approximate surface area is 779 Å². The number of hydrogen-bond acceptors (Lipinski definition) is 21. The Kier molecular flexibility index (Phi) is 49.9. The Bertz CT molecular complexity index is 5030. The Hall–Kier alpha value is -13.2. The monoisotopic (exact) mass is 1800 g/mol. The van der Waals surface area contributed by atoms with E-state index in [4.69, 9.17) is 56.8 Å². The fraction of sp³-hybridized carbons (Fsp3) is 0.378. The third-order valence-electron chi connectivity index (χ3n) is 21.4. The number of esters is 9. The maximum atomic E-state index is 12.7. The van der Waals surface area contributed by atoms with Crippen LogP contribution in [0.5, 0.6) is 51.7 Å². The average molecular weight is 1800 g/mol. The van der Waals surface area contributed by atoms with Gasteiger partial charge in [0, 0.05) is 18.2 Å². The van der Waals surface area contributed by atoms with Gasteiger partial charge in [-0.15, -0.1) is 0 Å². The number of carbonyl (C=O) groups excluding carboxylic acids is 9. The zero-order chi connectivity index (χ0) is 94.7. The average Bonchev–Trinajstić information content (AvgIpc) is 0.851. The molecule has 0 aliphatic carbocycles. The first kappa shape index (κ1) is 106. The van der Waals surface area contributed by atoms with E-state index >= 15 is 0 Å². The smallest absolute Gasteiger partial charge is 0.343 e. The van der Waals surface area contributed by atoms with Gasteiger partial charge >= 0.3 is 53.7 Å². The van der Waals surface area contributed by atoms with Crippen LogP contribution in [0, 0.1) is 20.8 Å². The molecule has 0 aliphatic heterocycles. The van der Waals surface area contributed by atoms with Crippen molar-refractivity contribution in [3.63, 3.8) is 0 Å². The van der Waals surface area contributed by atoms with E-state index in [-0.39, 0.29) is 0 Å². The number of carbonyl (C=O) groups is 9. The van der Waals surface area contributed by atoms with E-state index in [2.05, 4.69) is 40.5 Å². The highest BCUT2D eigenvalue weighted by Gasteiger charge is 2.19. The van der Waals surface area contributed by atoms with Gasteiger partial charge in [0.2, 0.25) is 0 Å². The Morgan fingerprint density at radius 1 is 0.227 bits per heavy atom. The summed E-state index contributed by atoms with van der Waals surface area (Å²) in [5, 5.41) is 0. The molecular weight excluding hydrogens is 1670 g/mol. The zero-order valence-corrected chi connectivity index (χ0v) is 77.9. The Morgan fingerprint density at radius 2 is 0.417 bits per heavy atom. The van der Waals surface area contributed by atoms with Crippen LogP contribution in [0.2, 0.25) is 0 Å². The molecule has 0 fully saturated rings. The third kappa shape index (κ3) is 41.7. The largest absolute Gasteiger partial charge is 0.493 e.